The third kappa shape index (κ3) is 3.89. The minimum Gasteiger partial charge on any atom is -0.306 e. The highest BCUT2D eigenvalue weighted by molar-refractivity contribution is 7.05. The Kier molecular flexibility index (Phi) is 6.17. The first-order chi connectivity index (χ1) is 9.74. The molecule has 112 valence electrons. The van der Waals surface area contributed by atoms with Gasteiger partial charge in [0.1, 0.15) is 0 Å². The molecule has 0 aromatic carbocycles. The van der Waals surface area contributed by atoms with Crippen molar-refractivity contribution in [3.05, 3.63) is 22.2 Å². The fraction of sp³-hybridized carbons (Fsp3) is 0.750. The molecular weight excluding hydrogens is 266 g/mol. The van der Waals surface area contributed by atoms with Crippen molar-refractivity contribution < 1.29 is 0 Å². The van der Waals surface area contributed by atoms with Crippen molar-refractivity contribution in [2.75, 3.05) is 6.54 Å². The van der Waals surface area contributed by atoms with E-state index in [9.17, 15) is 0 Å². The van der Waals surface area contributed by atoms with Crippen molar-refractivity contribution >= 4 is 11.5 Å². The van der Waals surface area contributed by atoms with Gasteiger partial charge in [-0.1, -0.05) is 43.3 Å². The molecule has 1 aliphatic rings. The Labute approximate surface area is 127 Å². The molecule has 1 aromatic heterocycles. The maximum Gasteiger partial charge on any atom is 0.0832 e. The van der Waals surface area contributed by atoms with Crippen LogP contribution in [-0.2, 0) is 0 Å². The molecular formula is C16H27N3S. The number of rotatable bonds is 6. The predicted octanol–water partition coefficient (Wildman–Crippen LogP) is 4.59. The summed E-state index contributed by atoms with van der Waals surface area (Å²) in [6.07, 6.45) is 10.1. The predicted molar refractivity (Wildman–Crippen MR) is 86.2 cm³/mol. The number of nitrogens with zero attached hydrogens (tertiary/aromatic N) is 2. The topological polar surface area (TPSA) is 37.8 Å². The van der Waals surface area contributed by atoms with Crippen LogP contribution in [0.1, 0.15) is 81.8 Å². The van der Waals surface area contributed by atoms with E-state index in [4.69, 9.17) is 0 Å². The number of hydrogen-bond acceptors (Lipinski definition) is 4. The van der Waals surface area contributed by atoms with E-state index in [2.05, 4.69) is 41.8 Å². The fourth-order valence-corrected chi connectivity index (χ4v) is 3.71. The lowest BCUT2D eigenvalue weighted by molar-refractivity contribution is 0.566. The summed E-state index contributed by atoms with van der Waals surface area (Å²) in [7, 11) is 0. The Balaban J connectivity index is 2.26. The van der Waals surface area contributed by atoms with Gasteiger partial charge >= 0.3 is 0 Å². The molecule has 1 aliphatic carbocycles. The Morgan fingerprint density at radius 3 is 2.90 bits per heavy atom. The van der Waals surface area contributed by atoms with E-state index in [1.807, 2.05) is 0 Å². The molecule has 0 amide bonds. The highest BCUT2D eigenvalue weighted by Crippen LogP contribution is 2.34. The molecule has 1 N–H and O–H groups in total. The van der Waals surface area contributed by atoms with E-state index in [0.29, 0.717) is 12.0 Å². The molecule has 0 bridgehead atoms. The molecule has 0 radical (unpaired) electrons. The van der Waals surface area contributed by atoms with Gasteiger partial charge in [0.05, 0.1) is 16.6 Å². The number of nitrogens with one attached hydrogen (secondary N) is 1. The van der Waals surface area contributed by atoms with Crippen LogP contribution in [0.2, 0.25) is 0 Å². The van der Waals surface area contributed by atoms with Gasteiger partial charge in [-0.3, -0.25) is 0 Å². The van der Waals surface area contributed by atoms with Crippen molar-refractivity contribution in [2.45, 2.75) is 71.3 Å². The van der Waals surface area contributed by atoms with Gasteiger partial charge in [0.15, 0.2) is 0 Å². The molecule has 3 nitrogen and oxygen atoms in total. The van der Waals surface area contributed by atoms with Crippen molar-refractivity contribution in [3.8, 4) is 0 Å². The lowest BCUT2D eigenvalue weighted by atomic mass is 9.96. The number of hydrogen-bond donors (Lipinski definition) is 1. The van der Waals surface area contributed by atoms with Crippen LogP contribution in [0.15, 0.2) is 11.6 Å². The smallest absolute Gasteiger partial charge is 0.0832 e. The zero-order valence-corrected chi connectivity index (χ0v) is 13.8. The molecule has 0 spiro atoms. The summed E-state index contributed by atoms with van der Waals surface area (Å²) in [5, 5.41) is 8.09. The van der Waals surface area contributed by atoms with Crippen LogP contribution in [0.5, 0.6) is 0 Å². The Morgan fingerprint density at radius 1 is 1.30 bits per heavy atom. The molecule has 0 saturated heterocycles. The first kappa shape index (κ1) is 15.6. The summed E-state index contributed by atoms with van der Waals surface area (Å²) in [6, 6.07) is 0.338. The van der Waals surface area contributed by atoms with E-state index in [0.717, 1.165) is 13.0 Å². The molecule has 0 saturated carbocycles. The van der Waals surface area contributed by atoms with E-state index in [1.54, 1.807) is 17.1 Å². The third-order valence-corrected chi connectivity index (χ3v) is 4.70. The second kappa shape index (κ2) is 7.89. The Morgan fingerprint density at radius 2 is 2.15 bits per heavy atom. The minimum absolute atomic E-state index is 0.338. The largest absolute Gasteiger partial charge is 0.306 e. The zero-order chi connectivity index (χ0) is 14.4. The lowest BCUT2D eigenvalue weighted by Gasteiger charge is -2.21. The Hall–Kier alpha value is -0.740. The van der Waals surface area contributed by atoms with Gasteiger partial charge in [0.25, 0.3) is 0 Å². The summed E-state index contributed by atoms with van der Waals surface area (Å²) in [6.45, 7) is 7.69. The summed E-state index contributed by atoms with van der Waals surface area (Å²) < 4.78 is 4.22. The normalized spacial score (nSPS) is 17.9. The van der Waals surface area contributed by atoms with Gasteiger partial charge in [-0.15, -0.1) is 5.10 Å². The summed E-state index contributed by atoms with van der Waals surface area (Å²) in [4.78, 5) is 1.33. The molecule has 0 fully saturated rings. The van der Waals surface area contributed by atoms with E-state index in [1.165, 1.54) is 42.7 Å². The average Bonchev–Trinajstić information content (AvgIpc) is 2.76. The summed E-state index contributed by atoms with van der Waals surface area (Å²) in [5.41, 5.74) is 2.73. The second-order valence-corrected chi connectivity index (χ2v) is 6.73. The average molecular weight is 293 g/mol. The second-order valence-electron chi connectivity index (χ2n) is 5.94. The van der Waals surface area contributed by atoms with E-state index >= 15 is 0 Å². The Bertz CT molecular complexity index is 437. The summed E-state index contributed by atoms with van der Waals surface area (Å²) >= 11 is 1.57. The van der Waals surface area contributed by atoms with Gasteiger partial charge in [-0.2, -0.15) is 0 Å². The first-order valence-corrected chi connectivity index (χ1v) is 8.75. The van der Waals surface area contributed by atoms with Gasteiger partial charge in [-0.25, -0.2) is 0 Å². The van der Waals surface area contributed by atoms with Gasteiger partial charge in [0, 0.05) is 0 Å². The molecule has 1 unspecified atom stereocenters. The number of aromatic nitrogens is 2. The number of allylic oxidation sites excluding steroid dienone is 1. The molecule has 4 heteroatoms. The lowest BCUT2D eigenvalue weighted by Crippen LogP contribution is -2.24. The van der Waals surface area contributed by atoms with Crippen molar-refractivity contribution in [1.82, 2.24) is 14.9 Å². The van der Waals surface area contributed by atoms with Gasteiger partial charge < -0.3 is 5.32 Å². The maximum atomic E-state index is 4.36. The van der Waals surface area contributed by atoms with Crippen molar-refractivity contribution in [2.24, 2.45) is 0 Å². The monoisotopic (exact) mass is 293 g/mol. The van der Waals surface area contributed by atoms with E-state index < -0.39 is 0 Å². The van der Waals surface area contributed by atoms with Crippen LogP contribution >= 0.6 is 11.5 Å². The quantitative estimate of drug-likeness (QED) is 0.779. The van der Waals surface area contributed by atoms with Crippen LogP contribution in [-0.4, -0.2) is 16.1 Å². The van der Waals surface area contributed by atoms with Crippen molar-refractivity contribution in [1.29, 1.82) is 0 Å². The maximum absolute atomic E-state index is 4.36. The zero-order valence-electron chi connectivity index (χ0n) is 13.0. The third-order valence-electron chi connectivity index (χ3n) is 3.89. The molecule has 0 aliphatic heterocycles. The van der Waals surface area contributed by atoms with Crippen molar-refractivity contribution in [3.63, 3.8) is 0 Å². The fourth-order valence-electron chi connectivity index (χ4n) is 2.79. The van der Waals surface area contributed by atoms with Gasteiger partial charge in [0.2, 0.25) is 0 Å². The van der Waals surface area contributed by atoms with Crippen LogP contribution in [0.25, 0.3) is 0 Å². The molecule has 1 atom stereocenters. The van der Waals surface area contributed by atoms with Crippen LogP contribution in [0.3, 0.4) is 0 Å². The van der Waals surface area contributed by atoms with Crippen LogP contribution < -0.4 is 5.32 Å². The van der Waals surface area contributed by atoms with Gasteiger partial charge in [-0.05, 0) is 56.1 Å². The highest BCUT2D eigenvalue weighted by atomic mass is 32.1. The SMILES string of the molecule is CCCNC(C1=CCCCCC1)c1snnc1C(C)C. The standard InChI is InChI=1S/C16H27N3S/c1-4-11-17-15(13-9-7-5-6-8-10-13)16-14(12(2)3)18-19-20-16/h9,12,15,17H,4-8,10-11H2,1-3H3. The molecule has 2 rings (SSSR count). The minimum atomic E-state index is 0.338. The molecule has 1 heterocycles. The molecule has 20 heavy (non-hydrogen) atoms. The first-order valence-electron chi connectivity index (χ1n) is 7.98. The van der Waals surface area contributed by atoms with Crippen LogP contribution in [0, 0.1) is 0 Å². The summed E-state index contributed by atoms with van der Waals surface area (Å²) in [5.74, 6) is 0.445. The molecule has 1 aromatic rings. The van der Waals surface area contributed by atoms with Crippen LogP contribution in [0.4, 0.5) is 0 Å². The van der Waals surface area contributed by atoms with E-state index in [-0.39, 0.29) is 0 Å². The highest BCUT2D eigenvalue weighted by Gasteiger charge is 2.24.